The fourth-order valence-corrected chi connectivity index (χ4v) is 8.35. The van der Waals surface area contributed by atoms with Gasteiger partial charge in [-0.25, -0.2) is 4.79 Å². The number of nitrogens with zero attached hydrogens (tertiary/aromatic N) is 2. The number of hydrogen-bond donors (Lipinski definition) is 0. The van der Waals surface area contributed by atoms with Crippen molar-refractivity contribution < 1.29 is 14.3 Å². The zero-order valence-electron chi connectivity index (χ0n) is 33.0. The molecule has 0 N–H and O–H groups in total. The Hall–Kier alpha value is -6.59. The van der Waals surface area contributed by atoms with E-state index in [1.807, 2.05) is 24.3 Å². The third-order valence-electron chi connectivity index (χ3n) is 11.6. The molecule has 0 saturated carbocycles. The Labute approximate surface area is 335 Å². The standard InChI is InChI=1S/C52H46N2O3/c1-5-35-13-21-39(22-14-35)53(40-23-15-36(6-2)16-24-40)43-29-31-47-49(33-43)56-50-34-44(30-32-48(50)52(47)46-12-10-9-11-45(46)51(55)57-52)54(41-25-17-37(7-3)18-26-41)42-27-19-38(8-4)20-28-42/h9-34H,5-8H2,1-4H3. The van der Waals surface area contributed by atoms with E-state index in [9.17, 15) is 4.79 Å². The molecule has 0 fully saturated rings. The maximum absolute atomic E-state index is 13.8. The van der Waals surface area contributed by atoms with Crippen molar-refractivity contribution in [1.82, 2.24) is 0 Å². The van der Waals surface area contributed by atoms with Crippen molar-refractivity contribution in [3.05, 3.63) is 202 Å². The summed E-state index contributed by atoms with van der Waals surface area (Å²) in [5, 5.41) is 0. The van der Waals surface area contributed by atoms with Gasteiger partial charge >= 0.3 is 5.97 Å². The molecule has 1 spiro atoms. The molecule has 7 aromatic carbocycles. The minimum Gasteiger partial charge on any atom is -0.456 e. The van der Waals surface area contributed by atoms with Crippen LogP contribution in [0.2, 0.25) is 0 Å². The highest BCUT2D eigenvalue weighted by Crippen LogP contribution is 2.58. The van der Waals surface area contributed by atoms with Crippen molar-refractivity contribution in [2.24, 2.45) is 0 Å². The molecule has 5 nitrogen and oxygen atoms in total. The van der Waals surface area contributed by atoms with Crippen LogP contribution in [-0.4, -0.2) is 5.97 Å². The lowest BCUT2D eigenvalue weighted by atomic mass is 9.77. The molecule has 2 aliphatic rings. The number of aryl methyl sites for hydroxylation is 4. The minimum absolute atomic E-state index is 0.347. The summed E-state index contributed by atoms with van der Waals surface area (Å²) in [6, 6.07) is 55.2. The Morgan fingerprint density at radius 3 is 1.14 bits per heavy atom. The highest BCUT2D eigenvalue weighted by atomic mass is 16.6. The average molecular weight is 747 g/mol. The van der Waals surface area contributed by atoms with E-state index in [1.54, 1.807) is 0 Å². The second-order valence-corrected chi connectivity index (χ2v) is 14.8. The summed E-state index contributed by atoms with van der Waals surface area (Å²) in [6.45, 7) is 8.70. The summed E-state index contributed by atoms with van der Waals surface area (Å²) in [5.41, 5.74) is 12.9. The van der Waals surface area contributed by atoms with Crippen molar-refractivity contribution in [2.45, 2.75) is 59.0 Å². The molecule has 7 aromatic rings. The Morgan fingerprint density at radius 1 is 0.421 bits per heavy atom. The monoisotopic (exact) mass is 746 g/mol. The fourth-order valence-electron chi connectivity index (χ4n) is 8.35. The molecule has 0 bridgehead atoms. The predicted molar refractivity (Wildman–Crippen MR) is 232 cm³/mol. The van der Waals surface area contributed by atoms with Crippen LogP contribution in [0.5, 0.6) is 11.5 Å². The van der Waals surface area contributed by atoms with Crippen molar-refractivity contribution in [3.63, 3.8) is 0 Å². The SMILES string of the molecule is CCc1ccc(N(c2ccc(CC)cc2)c2ccc3c(c2)Oc2cc(N(c4ccc(CC)cc4)c4ccc(CC)cc4)ccc2C32OC(=O)c3ccccc32)cc1. The molecule has 2 heterocycles. The molecule has 0 aliphatic carbocycles. The molecule has 0 radical (unpaired) electrons. The van der Waals surface area contributed by atoms with Gasteiger partial charge in [0.15, 0.2) is 5.60 Å². The first kappa shape index (κ1) is 36.1. The zero-order valence-corrected chi connectivity index (χ0v) is 33.0. The Kier molecular flexibility index (Phi) is 9.38. The maximum Gasteiger partial charge on any atom is 0.340 e. The maximum atomic E-state index is 13.8. The van der Waals surface area contributed by atoms with Gasteiger partial charge < -0.3 is 19.3 Å². The third kappa shape index (κ3) is 6.24. The fraction of sp³-hybridized carbons (Fsp3) is 0.173. The molecular formula is C52H46N2O3. The molecule has 0 saturated heterocycles. The van der Waals surface area contributed by atoms with E-state index < -0.39 is 5.60 Å². The topological polar surface area (TPSA) is 42.0 Å². The molecule has 0 atom stereocenters. The smallest absolute Gasteiger partial charge is 0.340 e. The second-order valence-electron chi connectivity index (χ2n) is 14.8. The van der Waals surface area contributed by atoms with Gasteiger partial charge in [0, 0.05) is 62.9 Å². The van der Waals surface area contributed by atoms with E-state index >= 15 is 0 Å². The van der Waals surface area contributed by atoms with Crippen molar-refractivity contribution in [2.75, 3.05) is 9.80 Å². The molecular weight excluding hydrogens is 701 g/mol. The number of fused-ring (bicyclic) bond motifs is 6. The molecule has 9 rings (SSSR count). The van der Waals surface area contributed by atoms with Gasteiger partial charge in [-0.3, -0.25) is 0 Å². The Balaban J connectivity index is 1.23. The molecule has 2 aliphatic heterocycles. The number of hydrogen-bond acceptors (Lipinski definition) is 5. The summed E-state index contributed by atoms with van der Waals surface area (Å²) in [7, 11) is 0. The van der Waals surface area contributed by atoms with Crippen LogP contribution >= 0.6 is 0 Å². The first-order valence-electron chi connectivity index (χ1n) is 20.2. The summed E-state index contributed by atoms with van der Waals surface area (Å²) >= 11 is 0. The van der Waals surface area contributed by atoms with Crippen LogP contribution in [0, 0.1) is 0 Å². The highest BCUT2D eigenvalue weighted by molar-refractivity contribution is 5.97. The number of carbonyl (C=O) groups excluding carboxylic acids is 1. The first-order chi connectivity index (χ1) is 27.9. The van der Waals surface area contributed by atoms with E-state index in [-0.39, 0.29) is 5.97 Å². The number of anilines is 6. The predicted octanol–water partition coefficient (Wildman–Crippen LogP) is 13.4. The number of rotatable bonds is 10. The van der Waals surface area contributed by atoms with Crippen LogP contribution in [-0.2, 0) is 36.0 Å². The van der Waals surface area contributed by atoms with E-state index in [4.69, 9.17) is 9.47 Å². The largest absolute Gasteiger partial charge is 0.456 e. The van der Waals surface area contributed by atoms with E-state index in [0.29, 0.717) is 17.1 Å². The lowest BCUT2D eigenvalue weighted by Gasteiger charge is -2.38. The number of benzene rings is 7. The van der Waals surface area contributed by atoms with Crippen LogP contribution in [0.25, 0.3) is 0 Å². The normalized spacial score (nSPS) is 13.3. The van der Waals surface area contributed by atoms with Crippen LogP contribution in [0.4, 0.5) is 34.1 Å². The van der Waals surface area contributed by atoms with Crippen LogP contribution in [0.15, 0.2) is 158 Å². The van der Waals surface area contributed by atoms with Gasteiger partial charge in [-0.2, -0.15) is 0 Å². The highest BCUT2D eigenvalue weighted by Gasteiger charge is 2.53. The quantitative estimate of drug-likeness (QED) is 0.130. The van der Waals surface area contributed by atoms with Gasteiger partial charge in [0.1, 0.15) is 11.5 Å². The van der Waals surface area contributed by atoms with Gasteiger partial charge in [0.2, 0.25) is 0 Å². The van der Waals surface area contributed by atoms with E-state index in [2.05, 4.69) is 171 Å². The lowest BCUT2D eigenvalue weighted by Crippen LogP contribution is -2.33. The molecule has 282 valence electrons. The molecule has 57 heavy (non-hydrogen) atoms. The van der Waals surface area contributed by atoms with Gasteiger partial charge in [-0.1, -0.05) is 94.4 Å². The number of ether oxygens (including phenoxy) is 2. The van der Waals surface area contributed by atoms with Gasteiger partial charge in [-0.15, -0.1) is 0 Å². The molecule has 5 heteroatoms. The molecule has 0 unspecified atom stereocenters. The Bertz CT molecular complexity index is 2330. The minimum atomic E-state index is -1.19. The van der Waals surface area contributed by atoms with Crippen molar-refractivity contribution >= 4 is 40.1 Å². The van der Waals surface area contributed by atoms with Gasteiger partial charge in [0.05, 0.1) is 5.56 Å². The summed E-state index contributed by atoms with van der Waals surface area (Å²) in [6.07, 6.45) is 3.86. The van der Waals surface area contributed by atoms with E-state index in [1.165, 1.54) is 22.3 Å². The average Bonchev–Trinajstić information content (AvgIpc) is 3.56. The number of esters is 1. The van der Waals surface area contributed by atoms with Gasteiger partial charge in [0.25, 0.3) is 0 Å². The summed E-state index contributed by atoms with van der Waals surface area (Å²) < 4.78 is 13.6. The molecule has 0 amide bonds. The van der Waals surface area contributed by atoms with Crippen LogP contribution in [0.3, 0.4) is 0 Å². The Morgan fingerprint density at radius 2 is 0.772 bits per heavy atom. The summed E-state index contributed by atoms with van der Waals surface area (Å²) in [5.74, 6) is 0.918. The van der Waals surface area contributed by atoms with Gasteiger partial charge in [-0.05, 0) is 127 Å². The van der Waals surface area contributed by atoms with E-state index in [0.717, 1.165) is 76.5 Å². The van der Waals surface area contributed by atoms with Crippen molar-refractivity contribution in [1.29, 1.82) is 0 Å². The second kappa shape index (κ2) is 14.8. The van der Waals surface area contributed by atoms with Crippen LogP contribution in [0.1, 0.15) is 77.0 Å². The molecule has 0 aromatic heterocycles. The zero-order chi connectivity index (χ0) is 39.1. The number of carbonyl (C=O) groups is 1. The van der Waals surface area contributed by atoms with Crippen LogP contribution < -0.4 is 14.5 Å². The first-order valence-corrected chi connectivity index (χ1v) is 20.2. The van der Waals surface area contributed by atoms with Crippen molar-refractivity contribution in [3.8, 4) is 11.5 Å². The summed E-state index contributed by atoms with van der Waals surface area (Å²) in [4.78, 5) is 18.3. The lowest BCUT2D eigenvalue weighted by molar-refractivity contribution is 0.0224. The third-order valence-corrected chi connectivity index (χ3v) is 11.6.